The van der Waals surface area contributed by atoms with Gasteiger partial charge in [0.05, 0.1) is 10.6 Å². The topological polar surface area (TPSA) is 93.0 Å². The Labute approximate surface area is 156 Å². The molecule has 2 saturated carbocycles. The van der Waals surface area contributed by atoms with Crippen molar-refractivity contribution in [1.29, 1.82) is 0 Å². The molecule has 0 atom stereocenters. The highest BCUT2D eigenvalue weighted by molar-refractivity contribution is 6.31. The van der Waals surface area contributed by atoms with Gasteiger partial charge >= 0.3 is 0 Å². The average molecular weight is 374 g/mol. The molecule has 8 heteroatoms. The third-order valence-electron chi connectivity index (χ3n) is 4.85. The number of benzene rings is 1. The van der Waals surface area contributed by atoms with E-state index < -0.39 is 4.92 Å². The monoisotopic (exact) mass is 373 g/mol. The highest BCUT2D eigenvalue weighted by Gasteiger charge is 2.27. The van der Waals surface area contributed by atoms with Gasteiger partial charge in [0.25, 0.3) is 5.69 Å². The van der Waals surface area contributed by atoms with Gasteiger partial charge in [-0.2, -0.15) is 4.98 Å². The second-order valence-electron chi connectivity index (χ2n) is 6.95. The summed E-state index contributed by atoms with van der Waals surface area (Å²) in [6.45, 7) is 0. The van der Waals surface area contributed by atoms with Crippen LogP contribution in [0.15, 0.2) is 24.3 Å². The van der Waals surface area contributed by atoms with Crippen molar-refractivity contribution >= 4 is 34.7 Å². The molecule has 2 aromatic rings. The molecule has 2 N–H and O–H groups in total. The molecule has 0 aliphatic heterocycles. The fourth-order valence-corrected chi connectivity index (χ4v) is 3.51. The highest BCUT2D eigenvalue weighted by Crippen LogP contribution is 2.40. The molecule has 0 bridgehead atoms. The fourth-order valence-electron chi connectivity index (χ4n) is 3.34. The zero-order valence-corrected chi connectivity index (χ0v) is 15.0. The van der Waals surface area contributed by atoms with Crippen LogP contribution in [-0.2, 0) is 0 Å². The van der Waals surface area contributed by atoms with Crippen LogP contribution in [0.1, 0.15) is 50.1 Å². The molecule has 2 aliphatic rings. The molecule has 0 unspecified atom stereocenters. The summed E-state index contributed by atoms with van der Waals surface area (Å²) in [5.74, 6) is 1.60. The molecule has 0 spiro atoms. The van der Waals surface area contributed by atoms with E-state index in [0.29, 0.717) is 34.4 Å². The van der Waals surface area contributed by atoms with Crippen LogP contribution in [0.5, 0.6) is 0 Å². The summed E-state index contributed by atoms with van der Waals surface area (Å²) >= 11 is 6.02. The SMILES string of the molecule is O=[N+]([O-])c1ccc(Cl)cc1Nc1cc(C2CC2)nc(NC2CCCC2)n1. The lowest BCUT2D eigenvalue weighted by Crippen LogP contribution is -2.17. The number of halogens is 1. The Morgan fingerprint density at radius 2 is 1.88 bits per heavy atom. The van der Waals surface area contributed by atoms with E-state index >= 15 is 0 Å². The van der Waals surface area contributed by atoms with Crippen molar-refractivity contribution in [2.75, 3.05) is 10.6 Å². The Bertz CT molecular complexity index is 834. The maximum atomic E-state index is 11.3. The van der Waals surface area contributed by atoms with Gasteiger partial charge in [0, 0.05) is 29.1 Å². The quantitative estimate of drug-likeness (QED) is 0.545. The van der Waals surface area contributed by atoms with Crippen LogP contribution < -0.4 is 10.6 Å². The Morgan fingerprint density at radius 1 is 1.12 bits per heavy atom. The van der Waals surface area contributed by atoms with E-state index in [-0.39, 0.29) is 5.69 Å². The fraction of sp³-hybridized carbons (Fsp3) is 0.444. The van der Waals surface area contributed by atoms with Crippen LogP contribution >= 0.6 is 11.6 Å². The molecule has 0 radical (unpaired) electrons. The molecule has 136 valence electrons. The molecule has 0 amide bonds. The van der Waals surface area contributed by atoms with Crippen molar-refractivity contribution in [1.82, 2.24) is 9.97 Å². The van der Waals surface area contributed by atoms with Crippen molar-refractivity contribution in [2.24, 2.45) is 0 Å². The van der Waals surface area contributed by atoms with Crippen molar-refractivity contribution in [3.05, 3.63) is 45.1 Å². The first kappa shape index (κ1) is 17.0. The molecule has 1 heterocycles. The lowest BCUT2D eigenvalue weighted by molar-refractivity contribution is -0.383. The third-order valence-corrected chi connectivity index (χ3v) is 5.08. The molecule has 2 fully saturated rings. The second kappa shape index (κ2) is 7.07. The van der Waals surface area contributed by atoms with Gasteiger partial charge in [0.1, 0.15) is 11.5 Å². The third kappa shape index (κ3) is 3.88. The molecule has 1 aromatic carbocycles. The van der Waals surface area contributed by atoms with Crippen LogP contribution in [0.3, 0.4) is 0 Å². The van der Waals surface area contributed by atoms with E-state index in [2.05, 4.69) is 20.6 Å². The number of hydrogen-bond donors (Lipinski definition) is 2. The first-order valence-corrected chi connectivity index (χ1v) is 9.33. The summed E-state index contributed by atoms with van der Waals surface area (Å²) in [6, 6.07) is 6.72. The maximum absolute atomic E-state index is 11.3. The van der Waals surface area contributed by atoms with Gasteiger partial charge in [-0.25, -0.2) is 4.98 Å². The summed E-state index contributed by atoms with van der Waals surface area (Å²) in [4.78, 5) is 20.0. The van der Waals surface area contributed by atoms with Gasteiger partial charge in [0.15, 0.2) is 0 Å². The minimum Gasteiger partial charge on any atom is -0.351 e. The standard InChI is InChI=1S/C18H20ClN5O2/c19-12-7-8-16(24(25)26)15(9-12)21-17-10-14(11-5-6-11)22-18(23-17)20-13-3-1-2-4-13/h7-11,13H,1-6H2,(H2,20,21,22,23). The average Bonchev–Trinajstić information content (AvgIpc) is 3.33. The van der Waals surface area contributed by atoms with E-state index in [0.717, 1.165) is 31.4 Å². The smallest absolute Gasteiger partial charge is 0.292 e. The van der Waals surface area contributed by atoms with Crippen molar-refractivity contribution in [2.45, 2.75) is 50.5 Å². The van der Waals surface area contributed by atoms with Gasteiger partial charge in [-0.1, -0.05) is 24.4 Å². The largest absolute Gasteiger partial charge is 0.351 e. The Morgan fingerprint density at radius 3 is 2.58 bits per heavy atom. The van der Waals surface area contributed by atoms with E-state index in [1.54, 1.807) is 6.07 Å². The molecule has 1 aromatic heterocycles. The second-order valence-corrected chi connectivity index (χ2v) is 7.38. The zero-order chi connectivity index (χ0) is 18.1. The van der Waals surface area contributed by atoms with E-state index in [1.165, 1.54) is 25.0 Å². The first-order valence-electron chi connectivity index (χ1n) is 8.95. The highest BCUT2D eigenvalue weighted by atomic mass is 35.5. The minimum absolute atomic E-state index is 0.0358. The summed E-state index contributed by atoms with van der Waals surface area (Å²) in [6.07, 6.45) is 6.94. The number of nitrogens with zero attached hydrogens (tertiary/aromatic N) is 3. The number of nitrogens with one attached hydrogen (secondary N) is 2. The number of nitro groups is 1. The van der Waals surface area contributed by atoms with E-state index in [9.17, 15) is 10.1 Å². The first-order chi connectivity index (χ1) is 12.6. The van der Waals surface area contributed by atoms with Gasteiger partial charge in [0.2, 0.25) is 5.95 Å². The van der Waals surface area contributed by atoms with Crippen LogP contribution in [0, 0.1) is 10.1 Å². The van der Waals surface area contributed by atoms with E-state index in [4.69, 9.17) is 11.6 Å². The molecule has 0 saturated heterocycles. The number of nitro benzene ring substituents is 1. The van der Waals surface area contributed by atoms with Gasteiger partial charge in [-0.15, -0.1) is 0 Å². The van der Waals surface area contributed by atoms with Crippen LogP contribution in [0.2, 0.25) is 5.02 Å². The summed E-state index contributed by atoms with van der Waals surface area (Å²) in [7, 11) is 0. The van der Waals surface area contributed by atoms with Crippen molar-refractivity contribution in [3.8, 4) is 0 Å². The molecule has 4 rings (SSSR count). The summed E-state index contributed by atoms with van der Waals surface area (Å²) < 4.78 is 0. The number of hydrogen-bond acceptors (Lipinski definition) is 6. The van der Waals surface area contributed by atoms with Crippen LogP contribution in [-0.4, -0.2) is 20.9 Å². The minimum atomic E-state index is -0.431. The lowest BCUT2D eigenvalue weighted by Gasteiger charge is -2.15. The normalized spacial score (nSPS) is 17.3. The lowest BCUT2D eigenvalue weighted by atomic mass is 10.2. The Kier molecular flexibility index (Phi) is 4.63. The zero-order valence-electron chi connectivity index (χ0n) is 14.2. The van der Waals surface area contributed by atoms with Crippen LogP contribution in [0.25, 0.3) is 0 Å². The van der Waals surface area contributed by atoms with Gasteiger partial charge in [-0.05, 0) is 37.8 Å². The summed E-state index contributed by atoms with van der Waals surface area (Å²) in [5.41, 5.74) is 1.27. The van der Waals surface area contributed by atoms with Crippen molar-refractivity contribution < 1.29 is 4.92 Å². The maximum Gasteiger partial charge on any atom is 0.292 e. The Balaban J connectivity index is 1.64. The number of aromatic nitrogens is 2. The van der Waals surface area contributed by atoms with Crippen molar-refractivity contribution in [3.63, 3.8) is 0 Å². The number of rotatable bonds is 6. The molecular weight excluding hydrogens is 354 g/mol. The molecule has 2 aliphatic carbocycles. The molecule has 26 heavy (non-hydrogen) atoms. The van der Waals surface area contributed by atoms with E-state index in [1.807, 2.05) is 6.07 Å². The molecular formula is C18H20ClN5O2. The van der Waals surface area contributed by atoms with Gasteiger partial charge in [-0.3, -0.25) is 10.1 Å². The molecule has 7 nitrogen and oxygen atoms in total. The number of anilines is 3. The predicted molar refractivity (Wildman–Crippen MR) is 101 cm³/mol. The summed E-state index contributed by atoms with van der Waals surface area (Å²) in [5, 5.41) is 18.2. The predicted octanol–water partition coefficient (Wildman–Crippen LogP) is 5.01. The van der Waals surface area contributed by atoms with Gasteiger partial charge < -0.3 is 10.6 Å². The Hall–Kier alpha value is -2.41. The van der Waals surface area contributed by atoms with Crippen LogP contribution in [0.4, 0.5) is 23.1 Å².